The number of methoxy groups -OCH3 is 1. The minimum Gasteiger partial charge on any atom is -0.497 e. The van der Waals surface area contributed by atoms with E-state index in [9.17, 15) is 14.0 Å². The van der Waals surface area contributed by atoms with Crippen LogP contribution >= 0.6 is 11.6 Å². The smallest absolute Gasteiger partial charge is 0.365 e. The lowest BCUT2D eigenvalue weighted by molar-refractivity contribution is -0.119. The zero-order valence-corrected chi connectivity index (χ0v) is 15.8. The van der Waals surface area contributed by atoms with E-state index in [1.807, 2.05) is 0 Å². The maximum Gasteiger partial charge on any atom is 0.365 e. The van der Waals surface area contributed by atoms with Gasteiger partial charge in [-0.25, -0.2) is 13.9 Å². The SMILES string of the molecule is COc1ccc(-c2cnn([C@H](C)C(=O)Nc3ccc(F)c(Cl)c3)c(=O)n2)cc1. The third-order valence-corrected chi connectivity index (χ3v) is 4.33. The van der Waals surface area contributed by atoms with Crippen LogP contribution in [0.5, 0.6) is 5.75 Å². The van der Waals surface area contributed by atoms with E-state index in [0.717, 1.165) is 10.7 Å². The normalized spacial score (nSPS) is 11.7. The van der Waals surface area contributed by atoms with Crippen molar-refractivity contribution in [1.82, 2.24) is 14.8 Å². The van der Waals surface area contributed by atoms with E-state index < -0.39 is 23.5 Å². The number of benzene rings is 2. The van der Waals surface area contributed by atoms with E-state index in [1.165, 1.54) is 25.3 Å². The third-order valence-electron chi connectivity index (χ3n) is 4.04. The van der Waals surface area contributed by atoms with Crippen molar-refractivity contribution in [2.75, 3.05) is 12.4 Å². The van der Waals surface area contributed by atoms with Crippen molar-refractivity contribution in [3.63, 3.8) is 0 Å². The van der Waals surface area contributed by atoms with Crippen molar-refractivity contribution in [1.29, 1.82) is 0 Å². The molecule has 0 saturated carbocycles. The molecule has 1 atom stereocenters. The molecular weight excluding hydrogens is 387 g/mol. The Kier molecular flexibility index (Phi) is 5.70. The van der Waals surface area contributed by atoms with Crippen LogP contribution in [0.2, 0.25) is 5.02 Å². The highest BCUT2D eigenvalue weighted by Crippen LogP contribution is 2.21. The van der Waals surface area contributed by atoms with Gasteiger partial charge in [-0.05, 0) is 49.4 Å². The van der Waals surface area contributed by atoms with Gasteiger partial charge < -0.3 is 10.1 Å². The summed E-state index contributed by atoms with van der Waals surface area (Å²) in [4.78, 5) is 28.7. The van der Waals surface area contributed by atoms with E-state index >= 15 is 0 Å². The number of ether oxygens (including phenoxy) is 1. The molecule has 0 fully saturated rings. The molecule has 9 heteroatoms. The van der Waals surface area contributed by atoms with Gasteiger partial charge in [-0.1, -0.05) is 11.6 Å². The highest BCUT2D eigenvalue weighted by atomic mass is 35.5. The number of anilines is 1. The van der Waals surface area contributed by atoms with Crippen LogP contribution in [0, 0.1) is 5.82 Å². The number of nitrogens with zero attached hydrogens (tertiary/aromatic N) is 3. The Balaban J connectivity index is 1.79. The van der Waals surface area contributed by atoms with Crippen LogP contribution in [0.4, 0.5) is 10.1 Å². The summed E-state index contributed by atoms with van der Waals surface area (Å²) in [5.74, 6) is -0.434. The predicted molar refractivity (Wildman–Crippen MR) is 103 cm³/mol. The molecule has 0 unspecified atom stereocenters. The molecule has 0 aliphatic rings. The van der Waals surface area contributed by atoms with Gasteiger partial charge in [0.25, 0.3) is 0 Å². The standard InChI is InChI=1S/C19H16ClFN4O3/c1-11(18(26)23-13-5-8-16(21)15(20)9-13)25-19(27)24-17(10-22-25)12-3-6-14(28-2)7-4-12/h3-11H,1-2H3,(H,23,26)/t11-/m1/s1. The van der Waals surface area contributed by atoms with Gasteiger partial charge in [0.2, 0.25) is 5.91 Å². The van der Waals surface area contributed by atoms with Crippen LogP contribution in [0.3, 0.4) is 0 Å². The van der Waals surface area contributed by atoms with Gasteiger partial charge >= 0.3 is 5.69 Å². The first-order chi connectivity index (χ1) is 13.4. The van der Waals surface area contributed by atoms with E-state index in [-0.39, 0.29) is 5.02 Å². The maximum atomic E-state index is 13.2. The van der Waals surface area contributed by atoms with E-state index in [2.05, 4.69) is 15.4 Å². The molecule has 0 aliphatic carbocycles. The topological polar surface area (TPSA) is 86.1 Å². The van der Waals surface area contributed by atoms with Gasteiger partial charge in [-0.2, -0.15) is 10.1 Å². The average Bonchev–Trinajstić information content (AvgIpc) is 2.70. The fourth-order valence-electron chi connectivity index (χ4n) is 2.45. The Bertz CT molecular complexity index is 1070. The Hall–Kier alpha value is -3.26. The third kappa shape index (κ3) is 4.17. The summed E-state index contributed by atoms with van der Waals surface area (Å²) in [6.07, 6.45) is 1.40. The van der Waals surface area contributed by atoms with Gasteiger partial charge in [0.05, 0.1) is 24.0 Å². The molecule has 1 amide bonds. The number of carbonyl (C=O) groups excluding carboxylic acids is 1. The molecule has 1 N–H and O–H groups in total. The quantitative estimate of drug-likeness (QED) is 0.707. The Morgan fingerprint density at radius 2 is 1.96 bits per heavy atom. The van der Waals surface area contributed by atoms with Crippen molar-refractivity contribution in [2.24, 2.45) is 0 Å². The second-order valence-electron chi connectivity index (χ2n) is 5.89. The summed E-state index contributed by atoms with van der Waals surface area (Å²) < 4.78 is 19.3. The van der Waals surface area contributed by atoms with E-state index in [1.54, 1.807) is 31.4 Å². The van der Waals surface area contributed by atoms with Crippen molar-refractivity contribution < 1.29 is 13.9 Å². The predicted octanol–water partition coefficient (Wildman–Crippen LogP) is 3.31. The average molecular weight is 403 g/mol. The monoisotopic (exact) mass is 402 g/mol. The van der Waals surface area contributed by atoms with E-state index in [0.29, 0.717) is 22.7 Å². The van der Waals surface area contributed by atoms with Gasteiger partial charge in [-0.15, -0.1) is 0 Å². The Labute approximate surface area is 164 Å². The highest BCUT2D eigenvalue weighted by molar-refractivity contribution is 6.31. The first kappa shape index (κ1) is 19.5. The molecule has 1 heterocycles. The fourth-order valence-corrected chi connectivity index (χ4v) is 2.63. The number of rotatable bonds is 5. The van der Waals surface area contributed by atoms with Crippen LogP contribution in [0.15, 0.2) is 53.5 Å². The number of amides is 1. The second-order valence-corrected chi connectivity index (χ2v) is 6.30. The minimum absolute atomic E-state index is 0.119. The number of hydrogen-bond donors (Lipinski definition) is 1. The number of halogens is 2. The van der Waals surface area contributed by atoms with Gasteiger partial charge in [0.1, 0.15) is 17.6 Å². The van der Waals surface area contributed by atoms with Gasteiger partial charge in [0.15, 0.2) is 0 Å². The van der Waals surface area contributed by atoms with Crippen LogP contribution in [-0.4, -0.2) is 27.8 Å². The van der Waals surface area contributed by atoms with Crippen molar-refractivity contribution in [3.8, 4) is 17.0 Å². The summed E-state index contributed by atoms with van der Waals surface area (Å²) in [6, 6.07) is 9.84. The number of hydrogen-bond acceptors (Lipinski definition) is 5. The van der Waals surface area contributed by atoms with Gasteiger partial charge in [0, 0.05) is 11.3 Å². The second kappa shape index (κ2) is 8.18. The molecule has 3 rings (SSSR count). The molecule has 0 aliphatic heterocycles. The fraction of sp³-hybridized carbons (Fsp3) is 0.158. The molecule has 0 radical (unpaired) electrons. The lowest BCUT2D eigenvalue weighted by Crippen LogP contribution is -2.34. The Morgan fingerprint density at radius 1 is 1.25 bits per heavy atom. The summed E-state index contributed by atoms with van der Waals surface area (Å²) in [6.45, 7) is 1.50. The zero-order valence-electron chi connectivity index (χ0n) is 15.0. The van der Waals surface area contributed by atoms with E-state index in [4.69, 9.17) is 16.3 Å². The van der Waals surface area contributed by atoms with Crippen LogP contribution in [0.1, 0.15) is 13.0 Å². The molecular formula is C19H16ClFN4O3. The van der Waals surface area contributed by atoms with Crippen LogP contribution < -0.4 is 15.7 Å². The molecule has 28 heavy (non-hydrogen) atoms. The number of aromatic nitrogens is 3. The molecule has 144 valence electrons. The number of nitrogens with one attached hydrogen (secondary N) is 1. The molecule has 0 spiro atoms. The van der Waals surface area contributed by atoms with Crippen molar-refractivity contribution in [2.45, 2.75) is 13.0 Å². The summed E-state index contributed by atoms with van der Waals surface area (Å²) in [7, 11) is 1.56. The Morgan fingerprint density at radius 3 is 2.57 bits per heavy atom. The van der Waals surface area contributed by atoms with Crippen LogP contribution in [-0.2, 0) is 4.79 Å². The van der Waals surface area contributed by atoms with Crippen molar-refractivity contribution >= 4 is 23.2 Å². The molecule has 3 aromatic rings. The highest BCUT2D eigenvalue weighted by Gasteiger charge is 2.19. The summed E-state index contributed by atoms with van der Waals surface area (Å²) in [5.41, 5.74) is 0.699. The van der Waals surface area contributed by atoms with Crippen molar-refractivity contribution in [3.05, 3.63) is 70.0 Å². The molecule has 0 bridgehead atoms. The summed E-state index contributed by atoms with van der Waals surface area (Å²) in [5, 5.41) is 6.50. The zero-order chi connectivity index (χ0) is 20.3. The lowest BCUT2D eigenvalue weighted by atomic mass is 10.1. The molecule has 1 aromatic heterocycles. The summed E-state index contributed by atoms with van der Waals surface area (Å²) >= 11 is 5.70. The first-order valence-electron chi connectivity index (χ1n) is 8.25. The lowest BCUT2D eigenvalue weighted by Gasteiger charge is -2.14. The molecule has 7 nitrogen and oxygen atoms in total. The largest absolute Gasteiger partial charge is 0.497 e. The molecule has 0 saturated heterocycles. The minimum atomic E-state index is -0.936. The first-order valence-corrected chi connectivity index (χ1v) is 8.63. The number of carbonyl (C=O) groups is 1. The van der Waals surface area contributed by atoms with Crippen LogP contribution in [0.25, 0.3) is 11.3 Å². The van der Waals surface area contributed by atoms with Gasteiger partial charge in [-0.3, -0.25) is 4.79 Å². The molecule has 2 aromatic carbocycles. The maximum absolute atomic E-state index is 13.2.